The summed E-state index contributed by atoms with van der Waals surface area (Å²) < 4.78 is 40.2. The van der Waals surface area contributed by atoms with Crippen molar-refractivity contribution in [2.45, 2.75) is 25.7 Å². The summed E-state index contributed by atoms with van der Waals surface area (Å²) in [6.07, 6.45) is 0.852. The van der Waals surface area contributed by atoms with Crippen LogP contribution < -0.4 is 16.2 Å². The molecule has 0 bridgehead atoms. The fraction of sp³-hybridized carbons (Fsp3) is 0.143. The highest BCUT2D eigenvalue weighted by molar-refractivity contribution is 5.78. The van der Waals surface area contributed by atoms with Crippen LogP contribution in [0.25, 0.3) is 16.9 Å². The van der Waals surface area contributed by atoms with Gasteiger partial charge in [0.2, 0.25) is 5.56 Å². The number of hydrogen-bond donors (Lipinski definition) is 3. The molecule has 0 aliphatic heterocycles. The van der Waals surface area contributed by atoms with Gasteiger partial charge in [0.15, 0.2) is 5.65 Å². The molecule has 5 aromatic rings. The van der Waals surface area contributed by atoms with Crippen LogP contribution in [0.15, 0.2) is 96.2 Å². The van der Waals surface area contributed by atoms with E-state index in [9.17, 15) is 18.0 Å². The molecule has 37 heavy (non-hydrogen) atoms. The SMILES string of the molecule is C[C@@H](NCc1ccc(C(F)(F)F)cc1)c1ccc(Nc2ccc(-c3cc[nH]c(=O)c3)n3ccnc23)cc1. The van der Waals surface area contributed by atoms with Crippen molar-refractivity contribution in [2.24, 2.45) is 0 Å². The third-order valence-electron chi connectivity index (χ3n) is 6.20. The summed E-state index contributed by atoms with van der Waals surface area (Å²) >= 11 is 0. The summed E-state index contributed by atoms with van der Waals surface area (Å²) in [6, 6.07) is 20.4. The zero-order chi connectivity index (χ0) is 26.0. The lowest BCUT2D eigenvalue weighted by atomic mass is 10.1. The van der Waals surface area contributed by atoms with E-state index in [1.54, 1.807) is 18.5 Å². The Morgan fingerprint density at radius 1 is 1.00 bits per heavy atom. The van der Waals surface area contributed by atoms with E-state index < -0.39 is 11.7 Å². The molecule has 5 rings (SSSR count). The van der Waals surface area contributed by atoms with Gasteiger partial charge in [-0.2, -0.15) is 13.2 Å². The molecular formula is C28H24F3N5O. The molecule has 1 atom stereocenters. The van der Waals surface area contributed by atoms with Gasteiger partial charge in [0.1, 0.15) is 0 Å². The summed E-state index contributed by atoms with van der Waals surface area (Å²) in [5.41, 5.74) is 5.09. The van der Waals surface area contributed by atoms with Crippen LogP contribution in [0.2, 0.25) is 0 Å². The molecule has 0 amide bonds. The average Bonchev–Trinajstić information content (AvgIpc) is 3.38. The normalized spacial score (nSPS) is 12.5. The number of hydrogen-bond acceptors (Lipinski definition) is 4. The van der Waals surface area contributed by atoms with Gasteiger partial charge in [-0.25, -0.2) is 4.98 Å². The summed E-state index contributed by atoms with van der Waals surface area (Å²) in [5, 5.41) is 6.75. The van der Waals surface area contributed by atoms with E-state index in [1.165, 1.54) is 12.1 Å². The second kappa shape index (κ2) is 9.94. The summed E-state index contributed by atoms with van der Waals surface area (Å²) in [7, 11) is 0. The molecule has 0 saturated carbocycles. The van der Waals surface area contributed by atoms with Crippen LogP contribution in [-0.4, -0.2) is 14.4 Å². The molecule has 3 heterocycles. The molecule has 9 heteroatoms. The Kier molecular flexibility index (Phi) is 6.54. The highest BCUT2D eigenvalue weighted by Crippen LogP contribution is 2.30. The van der Waals surface area contributed by atoms with E-state index in [4.69, 9.17) is 0 Å². The molecule has 188 valence electrons. The number of imidazole rings is 1. The number of anilines is 2. The number of nitrogens with zero attached hydrogens (tertiary/aromatic N) is 2. The number of benzene rings is 2. The Labute approximate surface area is 210 Å². The number of pyridine rings is 2. The van der Waals surface area contributed by atoms with Crippen LogP contribution in [0, 0.1) is 0 Å². The van der Waals surface area contributed by atoms with Gasteiger partial charge < -0.3 is 15.6 Å². The lowest BCUT2D eigenvalue weighted by molar-refractivity contribution is -0.137. The fourth-order valence-corrected chi connectivity index (χ4v) is 4.16. The number of halogens is 3. The minimum atomic E-state index is -4.33. The van der Waals surface area contributed by atoms with Gasteiger partial charge >= 0.3 is 6.18 Å². The zero-order valence-electron chi connectivity index (χ0n) is 19.9. The summed E-state index contributed by atoms with van der Waals surface area (Å²) in [6.45, 7) is 2.46. The molecule has 0 aliphatic rings. The first kappa shape index (κ1) is 24.3. The van der Waals surface area contributed by atoms with Crippen molar-refractivity contribution in [1.29, 1.82) is 0 Å². The van der Waals surface area contributed by atoms with Crippen LogP contribution in [-0.2, 0) is 12.7 Å². The third-order valence-corrected chi connectivity index (χ3v) is 6.20. The summed E-state index contributed by atoms with van der Waals surface area (Å²) in [4.78, 5) is 18.9. The fourth-order valence-electron chi connectivity index (χ4n) is 4.16. The molecule has 3 N–H and O–H groups in total. The van der Waals surface area contributed by atoms with E-state index in [2.05, 4.69) is 20.6 Å². The Balaban J connectivity index is 1.26. The maximum Gasteiger partial charge on any atom is 0.416 e. The van der Waals surface area contributed by atoms with Crippen molar-refractivity contribution in [1.82, 2.24) is 19.7 Å². The van der Waals surface area contributed by atoms with Gasteiger partial charge in [0.05, 0.1) is 16.9 Å². The van der Waals surface area contributed by atoms with E-state index in [0.29, 0.717) is 6.54 Å². The standard InChI is InChI=1S/C28H24F3N5O/c1-18(34-17-19-2-6-22(7-3-19)28(29,30)31)20-4-8-23(9-5-20)35-24-10-11-25(36-15-14-33-27(24)36)21-12-13-32-26(37)16-21/h2-16,18,34-35H,17H2,1H3,(H,32,37)/t18-/m1/s1. The molecule has 0 saturated heterocycles. The van der Waals surface area contributed by atoms with Gasteiger partial charge in [-0.15, -0.1) is 0 Å². The Hall–Kier alpha value is -4.37. The molecule has 0 unspecified atom stereocenters. The monoisotopic (exact) mass is 503 g/mol. The van der Waals surface area contributed by atoms with Crippen LogP contribution in [0.5, 0.6) is 0 Å². The van der Waals surface area contributed by atoms with Crippen molar-refractivity contribution in [3.63, 3.8) is 0 Å². The molecule has 0 spiro atoms. The molecular weight excluding hydrogens is 479 g/mol. The van der Waals surface area contributed by atoms with Crippen molar-refractivity contribution in [3.8, 4) is 11.3 Å². The van der Waals surface area contributed by atoms with Crippen molar-refractivity contribution >= 4 is 17.0 Å². The first-order valence-electron chi connectivity index (χ1n) is 11.7. The zero-order valence-corrected chi connectivity index (χ0v) is 19.9. The predicted octanol–water partition coefficient (Wildman–Crippen LogP) is 6.30. The number of alkyl halides is 3. The third kappa shape index (κ3) is 5.41. The summed E-state index contributed by atoms with van der Waals surface area (Å²) in [5.74, 6) is 0. The first-order valence-corrected chi connectivity index (χ1v) is 11.7. The average molecular weight is 504 g/mol. The minimum Gasteiger partial charge on any atom is -0.352 e. The van der Waals surface area contributed by atoms with Gasteiger partial charge in [-0.1, -0.05) is 24.3 Å². The largest absolute Gasteiger partial charge is 0.416 e. The topological polar surface area (TPSA) is 74.2 Å². The van der Waals surface area contributed by atoms with Crippen LogP contribution in [0.4, 0.5) is 24.5 Å². The smallest absolute Gasteiger partial charge is 0.352 e. The molecule has 3 aromatic heterocycles. The molecule has 0 radical (unpaired) electrons. The Morgan fingerprint density at radius 3 is 2.46 bits per heavy atom. The number of rotatable bonds is 7. The lowest BCUT2D eigenvalue weighted by Crippen LogP contribution is -2.18. The van der Waals surface area contributed by atoms with Crippen LogP contribution in [0.1, 0.15) is 29.7 Å². The number of aromatic nitrogens is 3. The number of H-pyrrole nitrogens is 1. The molecule has 0 aliphatic carbocycles. The molecule has 0 fully saturated rings. The minimum absolute atomic E-state index is 0.00338. The van der Waals surface area contributed by atoms with E-state index in [1.807, 2.05) is 60.0 Å². The van der Waals surface area contributed by atoms with Gasteiger partial charge in [0, 0.05) is 48.5 Å². The molecule has 2 aromatic carbocycles. The first-order chi connectivity index (χ1) is 17.8. The quantitative estimate of drug-likeness (QED) is 0.244. The highest BCUT2D eigenvalue weighted by atomic mass is 19.4. The van der Waals surface area contributed by atoms with Crippen LogP contribution in [0.3, 0.4) is 0 Å². The Morgan fingerprint density at radius 2 is 1.76 bits per heavy atom. The van der Waals surface area contributed by atoms with E-state index >= 15 is 0 Å². The maximum atomic E-state index is 12.8. The lowest BCUT2D eigenvalue weighted by Gasteiger charge is -2.16. The highest BCUT2D eigenvalue weighted by Gasteiger charge is 2.29. The van der Waals surface area contributed by atoms with Crippen LogP contribution >= 0.6 is 0 Å². The second-order valence-electron chi connectivity index (χ2n) is 8.74. The predicted molar refractivity (Wildman–Crippen MR) is 138 cm³/mol. The van der Waals surface area contributed by atoms with Crippen molar-refractivity contribution in [2.75, 3.05) is 5.32 Å². The van der Waals surface area contributed by atoms with Gasteiger partial charge in [-0.05, 0) is 60.5 Å². The Bertz CT molecular complexity index is 1570. The number of nitrogens with one attached hydrogen (secondary N) is 3. The number of fused-ring (bicyclic) bond motifs is 1. The maximum absolute atomic E-state index is 12.8. The molecule has 6 nitrogen and oxygen atoms in total. The van der Waals surface area contributed by atoms with Crippen molar-refractivity contribution in [3.05, 3.63) is 118 Å². The second-order valence-corrected chi connectivity index (χ2v) is 8.74. The van der Waals surface area contributed by atoms with Gasteiger partial charge in [-0.3, -0.25) is 9.20 Å². The van der Waals surface area contributed by atoms with Gasteiger partial charge in [0.25, 0.3) is 0 Å². The number of aromatic amines is 1. The van der Waals surface area contributed by atoms with E-state index in [0.717, 1.165) is 51.5 Å². The van der Waals surface area contributed by atoms with E-state index in [-0.39, 0.29) is 11.6 Å². The van der Waals surface area contributed by atoms with Crippen molar-refractivity contribution < 1.29 is 13.2 Å².